The lowest BCUT2D eigenvalue weighted by molar-refractivity contribution is 0.426. The second-order valence-electron chi connectivity index (χ2n) is 13.1. The van der Waals surface area contributed by atoms with Gasteiger partial charge in [-0.05, 0) is 83.3 Å². The summed E-state index contributed by atoms with van der Waals surface area (Å²) < 4.78 is 7.86. The molecular formula is C48H33BBr2IN2O2+. The Morgan fingerprint density at radius 2 is 0.964 bits per heavy atom. The first-order valence-electron chi connectivity index (χ1n) is 18.0. The van der Waals surface area contributed by atoms with Crippen LogP contribution in [-0.2, 0) is 0 Å². The van der Waals surface area contributed by atoms with Crippen LogP contribution >= 0.6 is 54.5 Å². The van der Waals surface area contributed by atoms with Gasteiger partial charge in [-0.15, -0.1) is 0 Å². The molecule has 1 aliphatic rings. The summed E-state index contributed by atoms with van der Waals surface area (Å²) in [5.74, 6) is 0. The zero-order valence-corrected chi connectivity index (χ0v) is 35.2. The molecule has 0 fully saturated rings. The van der Waals surface area contributed by atoms with Gasteiger partial charge in [0.1, 0.15) is 10.6 Å². The first kappa shape index (κ1) is 37.8. The lowest BCUT2D eigenvalue weighted by Gasteiger charge is -2.08. The van der Waals surface area contributed by atoms with Gasteiger partial charge in [-0.3, -0.25) is 0 Å². The predicted octanol–water partition coefficient (Wildman–Crippen LogP) is 12.6. The monoisotopic (exact) mass is 965 g/mol. The molecule has 0 bridgehead atoms. The van der Waals surface area contributed by atoms with E-state index in [0.29, 0.717) is 5.46 Å². The van der Waals surface area contributed by atoms with Gasteiger partial charge in [-0.2, -0.15) is 0 Å². The Balaban J connectivity index is 0.000000133. The molecule has 0 aliphatic heterocycles. The number of rotatable bonds is 4. The molecule has 0 saturated heterocycles. The van der Waals surface area contributed by atoms with Crippen molar-refractivity contribution in [3.63, 3.8) is 0 Å². The van der Waals surface area contributed by atoms with Crippen molar-refractivity contribution in [2.75, 3.05) is 0 Å². The summed E-state index contributed by atoms with van der Waals surface area (Å²) in [6.45, 7) is 0. The number of allylic oxidation sites excluding steroid dienone is 6. The van der Waals surface area contributed by atoms with E-state index in [2.05, 4.69) is 191 Å². The number of fused-ring (bicyclic) bond motifs is 6. The summed E-state index contributed by atoms with van der Waals surface area (Å²) in [6.07, 6.45) is 8.95. The average molecular weight is 967 g/mol. The van der Waals surface area contributed by atoms with Gasteiger partial charge in [0.25, 0.3) is 0 Å². The number of para-hydroxylation sites is 4. The van der Waals surface area contributed by atoms with E-state index in [1.54, 1.807) is 6.07 Å². The standard InChI is InChI=1S/C24H16BrN.C18H14BNO2.C6H3BrI/c25-19-13-10-17(11-14-19)18-12-15-24-22(16-18)21-8-4-5-9-23(21)26(24)20-6-2-1-3-7-20;21-19(22)13-10-11-18-16(12-13)15-8-4-5-9-17(15)20(18)14-6-2-1-3-7-14;7-5-1-3-6(8)4-2-5/h1-16H;1-12,21-22H;1-3H/q;;+1. The summed E-state index contributed by atoms with van der Waals surface area (Å²) in [5.41, 5.74) is 9.88. The lowest BCUT2D eigenvalue weighted by Crippen LogP contribution is -2.29. The molecule has 10 rings (SSSR count). The molecule has 0 saturated carbocycles. The summed E-state index contributed by atoms with van der Waals surface area (Å²) in [6, 6.07) is 58.3. The topological polar surface area (TPSA) is 50.3 Å². The lowest BCUT2D eigenvalue weighted by atomic mass is 9.80. The van der Waals surface area contributed by atoms with Gasteiger partial charge in [0.15, 0.2) is 3.58 Å². The maximum Gasteiger partial charge on any atom is 0.488 e. The number of aromatic nitrogens is 2. The molecule has 8 heteroatoms. The molecule has 2 heterocycles. The summed E-state index contributed by atoms with van der Waals surface area (Å²) in [5, 5.41) is 23.5. The van der Waals surface area contributed by atoms with Crippen LogP contribution in [0.25, 0.3) is 66.1 Å². The van der Waals surface area contributed by atoms with E-state index in [1.807, 2.05) is 60.7 Å². The van der Waals surface area contributed by atoms with Crippen molar-refractivity contribution in [3.05, 3.63) is 207 Å². The minimum Gasteiger partial charge on any atom is -0.423 e. The molecule has 270 valence electrons. The van der Waals surface area contributed by atoms with Crippen LogP contribution in [0.5, 0.6) is 0 Å². The fourth-order valence-electron chi connectivity index (χ4n) is 7.04. The van der Waals surface area contributed by atoms with Crippen molar-refractivity contribution < 1.29 is 10.0 Å². The molecule has 2 N–H and O–H groups in total. The molecule has 7 aromatic carbocycles. The number of benzene rings is 7. The molecule has 4 nitrogen and oxygen atoms in total. The van der Waals surface area contributed by atoms with Crippen molar-refractivity contribution in [1.29, 1.82) is 0 Å². The smallest absolute Gasteiger partial charge is 0.423 e. The van der Waals surface area contributed by atoms with E-state index in [4.69, 9.17) is 0 Å². The van der Waals surface area contributed by atoms with Crippen LogP contribution in [0.3, 0.4) is 0 Å². The third-order valence-corrected chi connectivity index (χ3v) is 11.3. The van der Waals surface area contributed by atoms with Crippen molar-refractivity contribution in [2.24, 2.45) is 0 Å². The van der Waals surface area contributed by atoms with Crippen LogP contribution in [0.15, 0.2) is 201 Å². The van der Waals surface area contributed by atoms with E-state index in [0.717, 1.165) is 40.0 Å². The van der Waals surface area contributed by atoms with E-state index >= 15 is 0 Å². The summed E-state index contributed by atoms with van der Waals surface area (Å²) >= 11 is 9.05. The Bertz CT molecular complexity index is 2900. The van der Waals surface area contributed by atoms with Gasteiger partial charge in [-0.1, -0.05) is 119 Å². The van der Waals surface area contributed by atoms with Crippen LogP contribution in [0, 0.1) is 6.08 Å². The molecule has 0 atom stereocenters. The zero-order valence-electron chi connectivity index (χ0n) is 29.9. The van der Waals surface area contributed by atoms with Gasteiger partial charge in [0.05, 0.1) is 40.3 Å². The molecule has 0 radical (unpaired) electrons. The minimum atomic E-state index is -1.46. The quantitative estimate of drug-likeness (QED) is 0.105. The van der Waals surface area contributed by atoms with Gasteiger partial charge >= 0.3 is 7.12 Å². The highest BCUT2D eigenvalue weighted by atomic mass is 127. The van der Waals surface area contributed by atoms with E-state index in [9.17, 15) is 10.0 Å². The molecule has 56 heavy (non-hydrogen) atoms. The zero-order chi connectivity index (χ0) is 38.6. The van der Waals surface area contributed by atoms with Crippen molar-refractivity contribution in [2.45, 2.75) is 0 Å². The van der Waals surface area contributed by atoms with Gasteiger partial charge in [0.2, 0.25) is 0 Å². The van der Waals surface area contributed by atoms with E-state index in [1.165, 1.54) is 38.6 Å². The largest absolute Gasteiger partial charge is 0.488 e. The van der Waals surface area contributed by atoms with E-state index in [-0.39, 0.29) is 0 Å². The molecule has 0 unspecified atom stereocenters. The second-order valence-corrected chi connectivity index (χ2v) is 16.1. The molecule has 0 spiro atoms. The van der Waals surface area contributed by atoms with Gasteiger partial charge in [0, 0.05) is 75.9 Å². The van der Waals surface area contributed by atoms with Crippen LogP contribution in [-0.4, -0.2) is 26.3 Å². The highest BCUT2D eigenvalue weighted by Gasteiger charge is 2.17. The maximum absolute atomic E-state index is 9.43. The third-order valence-electron chi connectivity index (χ3n) is 9.61. The van der Waals surface area contributed by atoms with Crippen molar-refractivity contribution in [1.82, 2.24) is 9.13 Å². The van der Waals surface area contributed by atoms with Crippen molar-refractivity contribution >= 4 is 111 Å². The third kappa shape index (κ3) is 7.95. The normalized spacial score (nSPS) is 12.0. The first-order valence-corrected chi connectivity index (χ1v) is 20.6. The van der Waals surface area contributed by atoms with E-state index < -0.39 is 7.12 Å². The SMILES string of the molecule is BrC1=C[C+]=C(I)C=C1.Brc1ccc(-c2ccc3c(c2)c2ccccc2n3-c2ccccc2)cc1.OB(O)c1ccc2c(c1)c1ccccc1n2-c1ccccc1. The second kappa shape index (κ2) is 17.0. The van der Waals surface area contributed by atoms with Crippen LogP contribution < -0.4 is 5.46 Å². The van der Waals surface area contributed by atoms with Crippen molar-refractivity contribution in [3.8, 4) is 22.5 Å². The first-order chi connectivity index (χ1) is 27.4. The Labute approximate surface area is 356 Å². The minimum absolute atomic E-state index is 0.503. The Morgan fingerprint density at radius 3 is 1.48 bits per heavy atom. The molecule has 1 aliphatic carbocycles. The Morgan fingerprint density at radius 1 is 0.482 bits per heavy atom. The fourth-order valence-corrected chi connectivity index (χ4v) is 7.89. The molecule has 2 aromatic heterocycles. The molecule has 0 amide bonds. The van der Waals surface area contributed by atoms with Gasteiger partial charge < -0.3 is 19.2 Å². The fraction of sp³-hybridized carbons (Fsp3) is 0. The van der Waals surface area contributed by atoms with Gasteiger partial charge in [-0.25, -0.2) is 0 Å². The van der Waals surface area contributed by atoms with Crippen LogP contribution in [0.2, 0.25) is 0 Å². The summed E-state index contributed by atoms with van der Waals surface area (Å²) in [4.78, 5) is 0. The maximum atomic E-state index is 9.43. The molecular weight excluding hydrogens is 934 g/mol. The average Bonchev–Trinajstić information content (AvgIpc) is 3.75. The Kier molecular flexibility index (Phi) is 11.5. The number of hydrogen-bond acceptors (Lipinski definition) is 2. The highest BCUT2D eigenvalue weighted by Crippen LogP contribution is 2.35. The molecule has 9 aromatic rings. The summed E-state index contributed by atoms with van der Waals surface area (Å²) in [7, 11) is -1.46. The predicted molar refractivity (Wildman–Crippen MR) is 251 cm³/mol. The number of nitrogens with zero attached hydrogens (tertiary/aromatic N) is 2. The van der Waals surface area contributed by atoms with Crippen LogP contribution in [0.1, 0.15) is 0 Å². The number of hydrogen-bond donors (Lipinski definition) is 2. The van der Waals surface area contributed by atoms with Crippen LogP contribution in [0.4, 0.5) is 0 Å². The highest BCUT2D eigenvalue weighted by molar-refractivity contribution is 14.1. The Hall–Kier alpha value is -5.06. The number of halogens is 3.